The van der Waals surface area contributed by atoms with Crippen molar-refractivity contribution in [1.29, 1.82) is 0 Å². The van der Waals surface area contributed by atoms with E-state index in [4.69, 9.17) is 5.73 Å². The van der Waals surface area contributed by atoms with Crippen LogP contribution in [0.15, 0.2) is 0 Å². The van der Waals surface area contributed by atoms with Gasteiger partial charge >= 0.3 is 0 Å². The molecule has 1 aliphatic carbocycles. The van der Waals surface area contributed by atoms with Gasteiger partial charge in [0.2, 0.25) is 0 Å². The molecule has 0 aromatic rings. The lowest BCUT2D eigenvalue weighted by atomic mass is 9.92. The molecule has 2 N–H and O–H groups in total. The Hall–Kier alpha value is 0.270. The molecule has 0 aromatic carbocycles. The van der Waals surface area contributed by atoms with Crippen molar-refractivity contribution in [2.75, 3.05) is 24.6 Å². The zero-order chi connectivity index (χ0) is 12.3. The molecule has 100 valence electrons. The fourth-order valence-corrected chi connectivity index (χ4v) is 4.23. The summed E-state index contributed by atoms with van der Waals surface area (Å²) in [5.41, 5.74) is 6.49. The number of hydrogen-bond donors (Lipinski definition) is 1. The molecule has 1 saturated carbocycles. The van der Waals surface area contributed by atoms with Gasteiger partial charge in [-0.25, -0.2) is 0 Å². The largest absolute Gasteiger partial charge is 0.329 e. The maximum absolute atomic E-state index is 6.16. The molecule has 3 heteroatoms. The van der Waals surface area contributed by atoms with E-state index in [1.54, 1.807) is 0 Å². The van der Waals surface area contributed by atoms with Crippen LogP contribution in [-0.4, -0.2) is 41.1 Å². The molecule has 0 amide bonds. The number of rotatable bonds is 6. The summed E-state index contributed by atoms with van der Waals surface area (Å²) in [5, 5.41) is 0. The zero-order valence-corrected chi connectivity index (χ0v) is 12.3. The molecule has 0 radical (unpaired) electrons. The van der Waals surface area contributed by atoms with Gasteiger partial charge in [-0.1, -0.05) is 13.8 Å². The Bertz CT molecular complexity index is 232. The Morgan fingerprint density at radius 3 is 2.65 bits per heavy atom. The van der Waals surface area contributed by atoms with Crippen molar-refractivity contribution in [1.82, 2.24) is 4.90 Å². The van der Waals surface area contributed by atoms with Gasteiger partial charge in [-0.05, 0) is 50.3 Å². The van der Waals surface area contributed by atoms with Crippen LogP contribution in [0.1, 0.15) is 46.0 Å². The average Bonchev–Trinajstić information content (AvgIpc) is 3.14. The number of hydrogen-bond acceptors (Lipinski definition) is 3. The SMILES string of the molecule is CC(C)CCN(C1CC1)C1(CN)CCCSC1. The van der Waals surface area contributed by atoms with E-state index >= 15 is 0 Å². The van der Waals surface area contributed by atoms with Crippen LogP contribution in [0, 0.1) is 5.92 Å². The van der Waals surface area contributed by atoms with Crippen LogP contribution in [0.2, 0.25) is 0 Å². The third kappa shape index (κ3) is 3.39. The maximum Gasteiger partial charge on any atom is 0.0425 e. The van der Waals surface area contributed by atoms with E-state index in [2.05, 4.69) is 30.5 Å². The van der Waals surface area contributed by atoms with E-state index in [0.29, 0.717) is 5.54 Å². The topological polar surface area (TPSA) is 29.3 Å². The standard InChI is InChI=1S/C14H28N2S/c1-12(2)6-8-16(13-4-5-13)14(10-15)7-3-9-17-11-14/h12-13H,3-11,15H2,1-2H3. The van der Waals surface area contributed by atoms with Gasteiger partial charge < -0.3 is 5.73 Å². The molecule has 2 nitrogen and oxygen atoms in total. The molecule has 2 fully saturated rings. The van der Waals surface area contributed by atoms with Crippen LogP contribution < -0.4 is 5.73 Å². The molecule has 1 aliphatic heterocycles. The Kier molecular flexibility index (Phi) is 4.79. The van der Waals surface area contributed by atoms with Gasteiger partial charge in [-0.15, -0.1) is 0 Å². The van der Waals surface area contributed by atoms with Gasteiger partial charge in [-0.2, -0.15) is 11.8 Å². The first-order valence-electron chi connectivity index (χ1n) is 7.22. The first-order chi connectivity index (χ1) is 8.18. The summed E-state index contributed by atoms with van der Waals surface area (Å²) >= 11 is 2.11. The molecular weight excluding hydrogens is 228 g/mol. The molecule has 0 aromatic heterocycles. The molecule has 1 unspecified atom stereocenters. The highest BCUT2D eigenvalue weighted by Gasteiger charge is 2.43. The van der Waals surface area contributed by atoms with Crippen molar-refractivity contribution in [3.8, 4) is 0 Å². The lowest BCUT2D eigenvalue weighted by molar-refractivity contribution is 0.0876. The molecule has 0 bridgehead atoms. The second kappa shape index (κ2) is 5.94. The normalized spacial score (nSPS) is 30.2. The second-order valence-electron chi connectivity index (χ2n) is 6.19. The minimum Gasteiger partial charge on any atom is -0.329 e. The highest BCUT2D eigenvalue weighted by molar-refractivity contribution is 7.99. The highest BCUT2D eigenvalue weighted by Crippen LogP contribution is 2.39. The van der Waals surface area contributed by atoms with Crippen molar-refractivity contribution in [3.05, 3.63) is 0 Å². The van der Waals surface area contributed by atoms with Gasteiger partial charge in [0.1, 0.15) is 0 Å². The van der Waals surface area contributed by atoms with E-state index < -0.39 is 0 Å². The number of nitrogens with two attached hydrogens (primary N) is 1. The van der Waals surface area contributed by atoms with Gasteiger partial charge in [-0.3, -0.25) is 4.90 Å². The smallest absolute Gasteiger partial charge is 0.0425 e. The lowest BCUT2D eigenvalue weighted by Crippen LogP contribution is -2.58. The summed E-state index contributed by atoms with van der Waals surface area (Å²) in [6.07, 6.45) is 6.82. The van der Waals surface area contributed by atoms with Crippen LogP contribution in [-0.2, 0) is 0 Å². The number of nitrogens with zero attached hydrogens (tertiary/aromatic N) is 1. The Morgan fingerprint density at radius 1 is 1.41 bits per heavy atom. The summed E-state index contributed by atoms with van der Waals surface area (Å²) in [5.74, 6) is 3.41. The van der Waals surface area contributed by atoms with Crippen molar-refractivity contribution in [2.24, 2.45) is 11.7 Å². The van der Waals surface area contributed by atoms with E-state index in [0.717, 1.165) is 18.5 Å². The Morgan fingerprint density at radius 2 is 2.18 bits per heavy atom. The lowest BCUT2D eigenvalue weighted by Gasteiger charge is -2.46. The van der Waals surface area contributed by atoms with Crippen molar-refractivity contribution in [3.63, 3.8) is 0 Å². The van der Waals surface area contributed by atoms with Crippen LogP contribution in [0.4, 0.5) is 0 Å². The molecule has 1 heterocycles. The van der Waals surface area contributed by atoms with Crippen molar-refractivity contribution < 1.29 is 0 Å². The first-order valence-corrected chi connectivity index (χ1v) is 8.38. The van der Waals surface area contributed by atoms with E-state index in [1.165, 1.54) is 50.2 Å². The molecule has 1 saturated heterocycles. The quantitative estimate of drug-likeness (QED) is 0.792. The summed E-state index contributed by atoms with van der Waals surface area (Å²) in [6.45, 7) is 6.78. The summed E-state index contributed by atoms with van der Waals surface area (Å²) in [6, 6.07) is 0.857. The molecule has 0 spiro atoms. The molecule has 2 rings (SSSR count). The van der Waals surface area contributed by atoms with Gasteiger partial charge in [0.25, 0.3) is 0 Å². The maximum atomic E-state index is 6.16. The average molecular weight is 256 g/mol. The fourth-order valence-electron chi connectivity index (χ4n) is 2.93. The highest BCUT2D eigenvalue weighted by atomic mass is 32.2. The monoisotopic (exact) mass is 256 g/mol. The van der Waals surface area contributed by atoms with Crippen molar-refractivity contribution >= 4 is 11.8 Å². The third-order valence-electron chi connectivity index (χ3n) is 4.23. The van der Waals surface area contributed by atoms with Gasteiger partial charge in [0, 0.05) is 23.9 Å². The molecule has 1 atom stereocenters. The van der Waals surface area contributed by atoms with Gasteiger partial charge in [0.15, 0.2) is 0 Å². The van der Waals surface area contributed by atoms with Crippen LogP contribution in [0.5, 0.6) is 0 Å². The van der Waals surface area contributed by atoms with E-state index in [1.807, 2.05) is 0 Å². The molecular formula is C14H28N2S. The summed E-state index contributed by atoms with van der Waals surface area (Å²) < 4.78 is 0. The fraction of sp³-hybridized carbons (Fsp3) is 1.00. The Labute approximate surface area is 111 Å². The van der Waals surface area contributed by atoms with Gasteiger partial charge in [0.05, 0.1) is 0 Å². The summed E-state index contributed by atoms with van der Waals surface area (Å²) in [7, 11) is 0. The first kappa shape index (κ1) is 13.7. The minimum absolute atomic E-state index is 0.332. The molecule has 17 heavy (non-hydrogen) atoms. The number of thioether (sulfide) groups is 1. The van der Waals surface area contributed by atoms with Crippen LogP contribution in [0.25, 0.3) is 0 Å². The van der Waals surface area contributed by atoms with Crippen LogP contribution >= 0.6 is 11.8 Å². The molecule has 2 aliphatic rings. The van der Waals surface area contributed by atoms with Crippen molar-refractivity contribution in [2.45, 2.75) is 57.5 Å². The van der Waals surface area contributed by atoms with Crippen LogP contribution in [0.3, 0.4) is 0 Å². The summed E-state index contributed by atoms with van der Waals surface area (Å²) in [4.78, 5) is 2.79. The predicted octanol–water partition coefficient (Wildman–Crippen LogP) is 2.72. The third-order valence-corrected chi connectivity index (χ3v) is 5.54. The second-order valence-corrected chi connectivity index (χ2v) is 7.30. The predicted molar refractivity (Wildman–Crippen MR) is 77.5 cm³/mol. The van der Waals surface area contributed by atoms with E-state index in [9.17, 15) is 0 Å². The van der Waals surface area contributed by atoms with E-state index in [-0.39, 0.29) is 0 Å². The Balaban J connectivity index is 2.01. The minimum atomic E-state index is 0.332. The zero-order valence-electron chi connectivity index (χ0n) is 11.5.